The zero-order chi connectivity index (χ0) is 21.7. The quantitative estimate of drug-likeness (QED) is 0.188. The lowest BCUT2D eigenvalue weighted by atomic mass is 10.0. The summed E-state index contributed by atoms with van der Waals surface area (Å²) in [6, 6.07) is 9.17. The molecule has 0 radical (unpaired) electrons. The smallest absolute Gasteiger partial charge is 0.306 e. The molecule has 1 aromatic carbocycles. The van der Waals surface area contributed by atoms with Crippen LogP contribution in [0.5, 0.6) is 0 Å². The molecule has 0 aliphatic carbocycles. The van der Waals surface area contributed by atoms with E-state index in [1.165, 1.54) is 83.5 Å². The highest BCUT2D eigenvalue weighted by atomic mass is 16.5. The largest absolute Gasteiger partial charge is 0.456 e. The monoisotopic (exact) mass is 417 g/mol. The van der Waals surface area contributed by atoms with Gasteiger partial charge in [0.25, 0.3) is 5.91 Å². The molecule has 0 aliphatic rings. The number of hydrogen-bond acceptors (Lipinski definition) is 3. The van der Waals surface area contributed by atoms with Gasteiger partial charge in [0.2, 0.25) is 0 Å². The minimum Gasteiger partial charge on any atom is -0.456 e. The summed E-state index contributed by atoms with van der Waals surface area (Å²) in [5.74, 6) is -0.584. The number of amides is 1. The lowest BCUT2D eigenvalue weighted by Gasteiger charge is -2.06. The van der Waals surface area contributed by atoms with E-state index in [0.717, 1.165) is 12.8 Å². The molecule has 30 heavy (non-hydrogen) atoms. The second kappa shape index (κ2) is 19.1. The van der Waals surface area contributed by atoms with Gasteiger partial charge in [0.15, 0.2) is 6.61 Å². The molecule has 0 bridgehead atoms. The van der Waals surface area contributed by atoms with Gasteiger partial charge in [-0.2, -0.15) is 0 Å². The van der Waals surface area contributed by atoms with Crippen molar-refractivity contribution >= 4 is 17.6 Å². The van der Waals surface area contributed by atoms with E-state index in [1.807, 2.05) is 18.2 Å². The molecule has 0 aliphatic heterocycles. The number of unbranched alkanes of at least 4 members (excludes halogenated alkanes) is 14. The van der Waals surface area contributed by atoms with E-state index in [4.69, 9.17) is 4.74 Å². The van der Waals surface area contributed by atoms with Gasteiger partial charge in [-0.05, 0) is 18.6 Å². The molecule has 170 valence electrons. The first-order valence-corrected chi connectivity index (χ1v) is 12.2. The maximum absolute atomic E-state index is 11.7. The van der Waals surface area contributed by atoms with Crippen LogP contribution in [0.4, 0.5) is 5.69 Å². The number of carbonyl (C=O) groups is 2. The SMILES string of the molecule is CCCCCCCCCCCCCCCCCC(=O)OCC(=O)Nc1ccccc1. The Morgan fingerprint density at radius 3 is 1.67 bits per heavy atom. The number of nitrogens with one attached hydrogen (secondary N) is 1. The van der Waals surface area contributed by atoms with E-state index in [9.17, 15) is 9.59 Å². The molecule has 0 fully saturated rings. The van der Waals surface area contributed by atoms with E-state index in [2.05, 4.69) is 12.2 Å². The van der Waals surface area contributed by atoms with Crippen LogP contribution >= 0.6 is 0 Å². The zero-order valence-corrected chi connectivity index (χ0v) is 19.1. The van der Waals surface area contributed by atoms with Crippen LogP contribution in [0, 0.1) is 0 Å². The zero-order valence-electron chi connectivity index (χ0n) is 19.1. The molecule has 4 heteroatoms. The van der Waals surface area contributed by atoms with E-state index < -0.39 is 0 Å². The average Bonchev–Trinajstić information content (AvgIpc) is 2.75. The Hall–Kier alpha value is -1.84. The third kappa shape index (κ3) is 16.0. The summed E-state index contributed by atoms with van der Waals surface area (Å²) in [6.45, 7) is 2.05. The Morgan fingerprint density at radius 1 is 0.700 bits per heavy atom. The second-order valence-electron chi connectivity index (χ2n) is 8.27. The molecule has 0 atom stereocenters. The average molecular weight is 418 g/mol. The van der Waals surface area contributed by atoms with Crippen LogP contribution in [-0.2, 0) is 14.3 Å². The summed E-state index contributed by atoms with van der Waals surface area (Å²) in [7, 11) is 0. The van der Waals surface area contributed by atoms with Gasteiger partial charge in [-0.3, -0.25) is 9.59 Å². The molecule has 1 rings (SSSR count). The molecule has 1 N–H and O–H groups in total. The number of esters is 1. The van der Waals surface area contributed by atoms with E-state index in [-0.39, 0.29) is 18.5 Å². The van der Waals surface area contributed by atoms with E-state index in [0.29, 0.717) is 12.1 Å². The fraction of sp³-hybridized carbons (Fsp3) is 0.692. The minimum absolute atomic E-state index is 0.216. The molecular weight excluding hydrogens is 374 g/mol. The van der Waals surface area contributed by atoms with Gasteiger partial charge in [-0.25, -0.2) is 0 Å². The Bertz CT molecular complexity index is 544. The van der Waals surface area contributed by atoms with Crippen molar-refractivity contribution in [1.29, 1.82) is 0 Å². The first-order chi connectivity index (χ1) is 14.7. The predicted octanol–water partition coefficient (Wildman–Crippen LogP) is 7.43. The number of anilines is 1. The van der Waals surface area contributed by atoms with Gasteiger partial charge >= 0.3 is 5.97 Å². The third-order valence-corrected chi connectivity index (χ3v) is 5.41. The molecule has 0 spiro atoms. The topological polar surface area (TPSA) is 55.4 Å². The van der Waals surface area contributed by atoms with Crippen LogP contribution in [0.3, 0.4) is 0 Å². The van der Waals surface area contributed by atoms with Gasteiger partial charge in [-0.1, -0.05) is 115 Å². The van der Waals surface area contributed by atoms with Crippen molar-refractivity contribution in [1.82, 2.24) is 0 Å². The molecule has 0 saturated heterocycles. The van der Waals surface area contributed by atoms with Gasteiger partial charge in [-0.15, -0.1) is 0 Å². The lowest BCUT2D eigenvalue weighted by molar-refractivity contribution is -0.147. The number of rotatable bonds is 19. The third-order valence-electron chi connectivity index (χ3n) is 5.41. The molecule has 0 unspecified atom stereocenters. The summed E-state index contributed by atoms with van der Waals surface area (Å²) < 4.78 is 5.04. The van der Waals surface area contributed by atoms with E-state index >= 15 is 0 Å². The number of carbonyl (C=O) groups excluding carboxylic acids is 2. The molecule has 1 aromatic rings. The predicted molar refractivity (Wildman–Crippen MR) is 126 cm³/mol. The molecule has 0 heterocycles. The molecule has 0 saturated carbocycles. The molecule has 0 aromatic heterocycles. The van der Waals surface area contributed by atoms with Gasteiger partial charge < -0.3 is 10.1 Å². The molecule has 1 amide bonds. The lowest BCUT2D eigenvalue weighted by Crippen LogP contribution is -2.20. The van der Waals surface area contributed by atoms with Crippen LogP contribution in [-0.4, -0.2) is 18.5 Å². The maximum Gasteiger partial charge on any atom is 0.306 e. The van der Waals surface area contributed by atoms with Crippen LogP contribution < -0.4 is 5.32 Å². The normalized spacial score (nSPS) is 10.7. The van der Waals surface area contributed by atoms with Crippen molar-refractivity contribution in [2.24, 2.45) is 0 Å². The van der Waals surface area contributed by atoms with E-state index in [1.54, 1.807) is 12.1 Å². The summed E-state index contributed by atoms with van der Waals surface area (Å²) in [4.78, 5) is 23.5. The molecular formula is C26H43NO3. The fourth-order valence-corrected chi connectivity index (χ4v) is 3.58. The van der Waals surface area contributed by atoms with Gasteiger partial charge in [0.1, 0.15) is 0 Å². The minimum atomic E-state index is -0.300. The Kier molecular flexibility index (Phi) is 16.7. The Morgan fingerprint density at radius 2 is 1.17 bits per heavy atom. The number of hydrogen-bond donors (Lipinski definition) is 1. The van der Waals surface area contributed by atoms with Crippen molar-refractivity contribution in [3.05, 3.63) is 30.3 Å². The number of ether oxygens (including phenoxy) is 1. The van der Waals surface area contributed by atoms with Gasteiger partial charge in [0.05, 0.1) is 0 Å². The summed E-state index contributed by atoms with van der Waals surface area (Å²) in [6.07, 6.45) is 19.9. The maximum atomic E-state index is 11.7. The first-order valence-electron chi connectivity index (χ1n) is 12.2. The van der Waals surface area contributed by atoms with Crippen molar-refractivity contribution in [2.75, 3.05) is 11.9 Å². The Labute approximate surface area is 184 Å². The summed E-state index contributed by atoms with van der Waals surface area (Å²) in [5, 5.41) is 2.70. The van der Waals surface area contributed by atoms with Gasteiger partial charge in [0, 0.05) is 12.1 Å². The highest BCUT2D eigenvalue weighted by Gasteiger charge is 2.07. The van der Waals surface area contributed by atoms with Crippen LogP contribution in [0.1, 0.15) is 110 Å². The fourth-order valence-electron chi connectivity index (χ4n) is 3.58. The van der Waals surface area contributed by atoms with Crippen LogP contribution in [0.15, 0.2) is 30.3 Å². The summed E-state index contributed by atoms with van der Waals surface area (Å²) >= 11 is 0. The number of para-hydroxylation sites is 1. The van der Waals surface area contributed by atoms with Crippen LogP contribution in [0.25, 0.3) is 0 Å². The highest BCUT2D eigenvalue weighted by molar-refractivity contribution is 5.92. The first kappa shape index (κ1) is 26.2. The van der Waals surface area contributed by atoms with Crippen molar-refractivity contribution < 1.29 is 14.3 Å². The van der Waals surface area contributed by atoms with Crippen molar-refractivity contribution in [3.63, 3.8) is 0 Å². The van der Waals surface area contributed by atoms with Crippen molar-refractivity contribution in [3.8, 4) is 0 Å². The number of benzene rings is 1. The standard InChI is InChI=1S/C26H43NO3/c1-2-3-4-5-6-7-8-9-10-11-12-13-14-15-19-22-26(29)30-23-25(28)27-24-20-17-16-18-21-24/h16-18,20-21H,2-15,19,22-23H2,1H3,(H,27,28). The highest BCUT2D eigenvalue weighted by Crippen LogP contribution is 2.14. The van der Waals surface area contributed by atoms with Crippen LogP contribution in [0.2, 0.25) is 0 Å². The second-order valence-corrected chi connectivity index (χ2v) is 8.27. The Balaban J connectivity index is 1.82. The summed E-state index contributed by atoms with van der Waals surface area (Å²) in [5.41, 5.74) is 0.709. The van der Waals surface area contributed by atoms with Crippen molar-refractivity contribution in [2.45, 2.75) is 110 Å². The molecule has 4 nitrogen and oxygen atoms in total.